The summed E-state index contributed by atoms with van der Waals surface area (Å²) in [5.41, 5.74) is 2.06. The van der Waals surface area contributed by atoms with Crippen molar-refractivity contribution < 1.29 is 17.9 Å². The molecule has 0 saturated heterocycles. The monoisotopic (exact) mass is 466 g/mol. The highest BCUT2D eigenvalue weighted by Gasteiger charge is 2.35. The SMILES string of the molecule is C/C=C/CCC1CCC2CC(c3ccc(C#Cc4ccc(OC(F)F)cc4)c(F)c3)CCC2C1. The van der Waals surface area contributed by atoms with Crippen molar-refractivity contribution in [2.45, 2.75) is 70.8 Å². The topological polar surface area (TPSA) is 9.23 Å². The number of hydrogen-bond donors (Lipinski definition) is 0. The van der Waals surface area contributed by atoms with Crippen LogP contribution in [0.2, 0.25) is 0 Å². The van der Waals surface area contributed by atoms with Crippen LogP contribution in [0, 0.1) is 35.4 Å². The van der Waals surface area contributed by atoms with Gasteiger partial charge in [-0.05, 0) is 118 Å². The van der Waals surface area contributed by atoms with Crippen LogP contribution in [0.25, 0.3) is 0 Å². The second kappa shape index (κ2) is 11.6. The molecule has 0 spiro atoms. The van der Waals surface area contributed by atoms with Crippen molar-refractivity contribution in [3.8, 4) is 17.6 Å². The van der Waals surface area contributed by atoms with E-state index in [4.69, 9.17) is 0 Å². The predicted molar refractivity (Wildman–Crippen MR) is 130 cm³/mol. The van der Waals surface area contributed by atoms with Crippen LogP contribution in [-0.4, -0.2) is 6.61 Å². The van der Waals surface area contributed by atoms with Crippen molar-refractivity contribution in [1.29, 1.82) is 0 Å². The molecular weight excluding hydrogens is 433 g/mol. The largest absolute Gasteiger partial charge is 0.435 e. The van der Waals surface area contributed by atoms with Gasteiger partial charge in [-0.3, -0.25) is 0 Å². The van der Waals surface area contributed by atoms with Crippen LogP contribution in [0.5, 0.6) is 5.75 Å². The first-order valence-electron chi connectivity index (χ1n) is 12.5. The molecule has 0 aromatic heterocycles. The molecule has 0 heterocycles. The lowest BCUT2D eigenvalue weighted by Gasteiger charge is -2.42. The minimum absolute atomic E-state index is 0.0768. The minimum atomic E-state index is -2.86. The van der Waals surface area contributed by atoms with E-state index >= 15 is 0 Å². The summed E-state index contributed by atoms with van der Waals surface area (Å²) in [5, 5.41) is 0. The van der Waals surface area contributed by atoms with Crippen LogP contribution in [-0.2, 0) is 0 Å². The van der Waals surface area contributed by atoms with E-state index in [9.17, 15) is 13.2 Å². The maximum absolute atomic E-state index is 14.8. The van der Waals surface area contributed by atoms with Gasteiger partial charge in [0.25, 0.3) is 0 Å². The summed E-state index contributed by atoms with van der Waals surface area (Å²) in [6.07, 6.45) is 14.5. The molecule has 2 fully saturated rings. The third-order valence-corrected chi connectivity index (χ3v) is 7.58. The van der Waals surface area contributed by atoms with Crippen molar-refractivity contribution in [1.82, 2.24) is 0 Å². The van der Waals surface area contributed by atoms with E-state index in [1.165, 1.54) is 57.1 Å². The summed E-state index contributed by atoms with van der Waals surface area (Å²) in [4.78, 5) is 0. The molecule has 34 heavy (non-hydrogen) atoms. The Morgan fingerprint density at radius 2 is 1.74 bits per heavy atom. The van der Waals surface area contributed by atoms with Crippen LogP contribution < -0.4 is 4.74 Å². The zero-order chi connectivity index (χ0) is 23.9. The molecule has 0 aliphatic heterocycles. The molecule has 4 atom stereocenters. The van der Waals surface area contributed by atoms with Gasteiger partial charge in [-0.25, -0.2) is 4.39 Å². The molecule has 0 radical (unpaired) electrons. The summed E-state index contributed by atoms with van der Waals surface area (Å²) in [5.74, 6) is 8.48. The summed E-state index contributed by atoms with van der Waals surface area (Å²) < 4.78 is 43.7. The smallest absolute Gasteiger partial charge is 0.387 e. The fraction of sp³-hybridized carbons (Fsp3) is 0.467. The van der Waals surface area contributed by atoms with Crippen molar-refractivity contribution in [2.24, 2.45) is 17.8 Å². The predicted octanol–water partition coefficient (Wildman–Crippen LogP) is 8.48. The van der Waals surface area contributed by atoms with Crippen molar-refractivity contribution in [2.75, 3.05) is 0 Å². The Hall–Kier alpha value is -2.67. The maximum atomic E-state index is 14.8. The summed E-state index contributed by atoms with van der Waals surface area (Å²) >= 11 is 0. The van der Waals surface area contributed by atoms with Gasteiger partial charge in [0.15, 0.2) is 0 Å². The average Bonchev–Trinajstić information content (AvgIpc) is 2.83. The molecule has 2 aliphatic carbocycles. The van der Waals surface area contributed by atoms with Crippen molar-refractivity contribution >= 4 is 0 Å². The molecule has 0 N–H and O–H groups in total. The molecule has 2 aromatic rings. The van der Waals surface area contributed by atoms with E-state index in [1.807, 2.05) is 6.07 Å². The van der Waals surface area contributed by atoms with Gasteiger partial charge in [-0.1, -0.05) is 36.5 Å². The number of rotatable bonds is 6. The zero-order valence-corrected chi connectivity index (χ0v) is 19.8. The van der Waals surface area contributed by atoms with Crippen molar-refractivity contribution in [3.63, 3.8) is 0 Å². The molecule has 4 rings (SSSR count). The molecular formula is C30H33F3O. The molecule has 0 amide bonds. The molecule has 2 aromatic carbocycles. The van der Waals surface area contributed by atoms with Gasteiger partial charge in [-0.15, -0.1) is 0 Å². The van der Waals surface area contributed by atoms with Crippen molar-refractivity contribution in [3.05, 3.63) is 77.1 Å². The third-order valence-electron chi connectivity index (χ3n) is 7.58. The van der Waals surface area contributed by atoms with Gasteiger partial charge in [-0.2, -0.15) is 8.78 Å². The average molecular weight is 467 g/mol. The highest BCUT2D eigenvalue weighted by Crippen LogP contribution is 2.48. The van der Waals surface area contributed by atoms with E-state index in [-0.39, 0.29) is 11.6 Å². The fourth-order valence-corrected chi connectivity index (χ4v) is 5.80. The van der Waals surface area contributed by atoms with Gasteiger partial charge in [0.2, 0.25) is 0 Å². The lowest BCUT2D eigenvalue weighted by atomic mass is 9.63. The Kier molecular flexibility index (Phi) is 8.38. The second-order valence-corrected chi connectivity index (χ2v) is 9.75. The number of alkyl halides is 2. The van der Waals surface area contributed by atoms with E-state index in [0.29, 0.717) is 17.0 Å². The Morgan fingerprint density at radius 1 is 0.971 bits per heavy atom. The second-order valence-electron chi connectivity index (χ2n) is 9.75. The summed E-state index contributed by atoms with van der Waals surface area (Å²) in [7, 11) is 0. The van der Waals surface area contributed by atoms with Crippen LogP contribution in [0.4, 0.5) is 13.2 Å². The first-order chi connectivity index (χ1) is 16.5. The number of hydrogen-bond acceptors (Lipinski definition) is 1. The number of fused-ring (bicyclic) bond motifs is 1. The lowest BCUT2D eigenvalue weighted by molar-refractivity contribution is -0.0498. The fourth-order valence-electron chi connectivity index (χ4n) is 5.80. The van der Waals surface area contributed by atoms with Gasteiger partial charge in [0.05, 0.1) is 5.56 Å². The normalized spacial score (nSPS) is 24.5. The number of benzene rings is 2. The van der Waals surface area contributed by atoms with Crippen LogP contribution >= 0.6 is 0 Å². The quantitative estimate of drug-likeness (QED) is 0.306. The van der Waals surface area contributed by atoms with Gasteiger partial charge >= 0.3 is 6.61 Å². The molecule has 0 bridgehead atoms. The van der Waals surface area contributed by atoms with Crippen LogP contribution in [0.15, 0.2) is 54.6 Å². The van der Waals surface area contributed by atoms with E-state index in [2.05, 4.69) is 35.7 Å². The standard InChI is InChI=1S/C30H33F3O/c1-2-3-4-5-22-7-11-25-19-26(15-14-24(25)18-22)27-13-12-23(29(31)20-27)10-6-21-8-16-28(17-9-21)34-30(32)33/h2-3,8-9,12-13,16-17,20,22,24-26,30H,4-5,7,11,14-15,18-19H2,1H3/b3-2+. The van der Waals surface area contributed by atoms with Crippen LogP contribution in [0.1, 0.15) is 80.9 Å². The molecule has 2 saturated carbocycles. The van der Waals surface area contributed by atoms with Gasteiger partial charge in [0, 0.05) is 5.56 Å². The minimum Gasteiger partial charge on any atom is -0.435 e. The summed E-state index contributed by atoms with van der Waals surface area (Å²) in [6, 6.07) is 11.5. The third kappa shape index (κ3) is 6.47. The van der Waals surface area contributed by atoms with Gasteiger partial charge < -0.3 is 4.74 Å². The molecule has 2 aliphatic rings. The Balaban J connectivity index is 1.35. The zero-order valence-electron chi connectivity index (χ0n) is 19.8. The van der Waals surface area contributed by atoms with E-state index in [0.717, 1.165) is 29.7 Å². The highest BCUT2D eigenvalue weighted by atomic mass is 19.3. The summed E-state index contributed by atoms with van der Waals surface area (Å²) in [6.45, 7) is -0.766. The van der Waals surface area contributed by atoms with E-state index < -0.39 is 6.61 Å². The molecule has 4 heteroatoms. The molecule has 1 nitrogen and oxygen atoms in total. The number of allylic oxidation sites excluding steroid dienone is 2. The highest BCUT2D eigenvalue weighted by molar-refractivity contribution is 5.45. The van der Waals surface area contributed by atoms with Crippen LogP contribution in [0.3, 0.4) is 0 Å². The first-order valence-corrected chi connectivity index (χ1v) is 12.5. The molecule has 180 valence electrons. The Bertz CT molecular complexity index is 1030. The van der Waals surface area contributed by atoms with E-state index in [1.54, 1.807) is 24.3 Å². The number of halogens is 3. The number of ether oxygens (including phenoxy) is 1. The maximum Gasteiger partial charge on any atom is 0.387 e. The first kappa shape index (κ1) is 24.5. The molecule has 4 unspecified atom stereocenters. The van der Waals surface area contributed by atoms with Gasteiger partial charge in [0.1, 0.15) is 11.6 Å². The lowest BCUT2D eigenvalue weighted by Crippen LogP contribution is -2.30. The Morgan fingerprint density at radius 3 is 2.47 bits per heavy atom. The Labute approximate surface area is 201 Å².